The van der Waals surface area contributed by atoms with Gasteiger partial charge >= 0.3 is 0 Å². The molecular weight excluding hydrogens is 282 g/mol. The van der Waals surface area contributed by atoms with E-state index < -0.39 is 10.0 Å². The molecule has 0 radical (unpaired) electrons. The minimum absolute atomic E-state index is 0.0204. The number of morpholine rings is 1. The molecule has 90 valence electrons. The lowest BCUT2D eigenvalue weighted by molar-refractivity contribution is -0.0411. The Labute approximate surface area is 100 Å². The number of halogens is 1. The maximum atomic E-state index is 11.8. The highest BCUT2D eigenvalue weighted by atomic mass is 79.9. The van der Waals surface area contributed by atoms with Crippen molar-refractivity contribution in [3.63, 3.8) is 0 Å². The van der Waals surface area contributed by atoms with Crippen LogP contribution in [0.2, 0.25) is 0 Å². The predicted octanol–water partition coefficient (Wildman–Crippen LogP) is 1.21. The van der Waals surface area contributed by atoms with Crippen LogP contribution in [-0.4, -0.2) is 49.1 Å². The number of sulfonamides is 1. The van der Waals surface area contributed by atoms with E-state index in [1.165, 1.54) is 0 Å². The Morgan fingerprint density at radius 3 is 2.67 bits per heavy atom. The van der Waals surface area contributed by atoms with Crippen LogP contribution in [0.15, 0.2) is 0 Å². The summed E-state index contributed by atoms with van der Waals surface area (Å²) in [6.07, 6.45) is 0.612. The van der Waals surface area contributed by atoms with Gasteiger partial charge in [-0.1, -0.05) is 22.9 Å². The van der Waals surface area contributed by atoms with Gasteiger partial charge in [-0.2, -0.15) is 4.31 Å². The largest absolute Gasteiger partial charge is 0.372 e. The molecule has 2 atom stereocenters. The van der Waals surface area contributed by atoms with Gasteiger partial charge in [-0.05, 0) is 13.3 Å². The molecule has 1 fully saturated rings. The van der Waals surface area contributed by atoms with E-state index in [1.807, 2.05) is 13.8 Å². The summed E-state index contributed by atoms with van der Waals surface area (Å²) < 4.78 is 30.8. The second kappa shape index (κ2) is 5.61. The van der Waals surface area contributed by atoms with Gasteiger partial charge in [0.2, 0.25) is 10.0 Å². The number of alkyl halides is 1. The molecule has 4 nitrogen and oxygen atoms in total. The van der Waals surface area contributed by atoms with Crippen LogP contribution in [0.3, 0.4) is 0 Å². The molecule has 1 aliphatic heterocycles. The number of nitrogens with zero attached hydrogens (tertiary/aromatic N) is 1. The first-order chi connectivity index (χ1) is 6.99. The molecule has 6 heteroatoms. The van der Waals surface area contributed by atoms with Crippen LogP contribution in [0.1, 0.15) is 20.3 Å². The SMILES string of the molecule is CCCS(=O)(=O)N1CC(C)OC(CBr)C1. The van der Waals surface area contributed by atoms with Crippen LogP contribution in [0, 0.1) is 0 Å². The summed E-state index contributed by atoms with van der Waals surface area (Å²) in [7, 11) is -3.08. The van der Waals surface area contributed by atoms with Gasteiger partial charge in [0.1, 0.15) is 0 Å². The van der Waals surface area contributed by atoms with E-state index in [4.69, 9.17) is 4.74 Å². The number of hydrogen-bond acceptors (Lipinski definition) is 3. The van der Waals surface area contributed by atoms with Crippen LogP contribution in [0.4, 0.5) is 0 Å². The van der Waals surface area contributed by atoms with E-state index in [-0.39, 0.29) is 18.0 Å². The first kappa shape index (κ1) is 13.4. The highest BCUT2D eigenvalue weighted by Crippen LogP contribution is 2.16. The standard InChI is InChI=1S/C9H18BrNO3S/c1-3-4-15(12,13)11-6-8(2)14-9(5-10)7-11/h8-9H,3-7H2,1-2H3. The minimum Gasteiger partial charge on any atom is -0.372 e. The lowest BCUT2D eigenvalue weighted by atomic mass is 10.3. The molecule has 1 rings (SSSR count). The van der Waals surface area contributed by atoms with Gasteiger partial charge in [0.15, 0.2) is 0 Å². The molecule has 15 heavy (non-hydrogen) atoms. The van der Waals surface area contributed by atoms with Crippen molar-refractivity contribution in [2.24, 2.45) is 0 Å². The Kier molecular flexibility index (Phi) is 5.02. The van der Waals surface area contributed by atoms with Gasteiger partial charge in [-0.25, -0.2) is 8.42 Å². The summed E-state index contributed by atoms with van der Waals surface area (Å²) in [6.45, 7) is 4.73. The maximum Gasteiger partial charge on any atom is 0.214 e. The van der Waals surface area contributed by atoms with E-state index in [2.05, 4.69) is 15.9 Å². The molecule has 0 amide bonds. The fourth-order valence-corrected chi connectivity index (χ4v) is 3.66. The molecule has 0 bridgehead atoms. The Morgan fingerprint density at radius 2 is 2.13 bits per heavy atom. The van der Waals surface area contributed by atoms with Gasteiger partial charge in [0, 0.05) is 18.4 Å². The van der Waals surface area contributed by atoms with Crippen molar-refractivity contribution in [2.75, 3.05) is 24.2 Å². The molecular formula is C9H18BrNO3S. The predicted molar refractivity (Wildman–Crippen MR) is 63.8 cm³/mol. The zero-order chi connectivity index (χ0) is 11.5. The number of rotatable bonds is 4. The molecule has 2 unspecified atom stereocenters. The van der Waals surface area contributed by atoms with E-state index >= 15 is 0 Å². The van der Waals surface area contributed by atoms with Gasteiger partial charge in [-0.3, -0.25) is 0 Å². The fourth-order valence-electron chi connectivity index (χ4n) is 1.70. The second-order valence-electron chi connectivity index (χ2n) is 3.86. The zero-order valence-electron chi connectivity index (χ0n) is 9.15. The summed E-state index contributed by atoms with van der Waals surface area (Å²) in [6, 6.07) is 0. The normalized spacial score (nSPS) is 29.3. The fraction of sp³-hybridized carbons (Fsp3) is 1.00. The van der Waals surface area contributed by atoms with Crippen molar-refractivity contribution in [3.05, 3.63) is 0 Å². The van der Waals surface area contributed by atoms with Crippen molar-refractivity contribution in [1.29, 1.82) is 0 Å². The summed E-state index contributed by atoms with van der Waals surface area (Å²) in [5.74, 6) is 0.231. The van der Waals surface area contributed by atoms with Crippen LogP contribution in [0.25, 0.3) is 0 Å². The van der Waals surface area contributed by atoms with Gasteiger partial charge < -0.3 is 4.74 Å². The lowest BCUT2D eigenvalue weighted by Crippen LogP contribution is -2.50. The average molecular weight is 300 g/mol. The molecule has 0 aliphatic carbocycles. The molecule has 0 spiro atoms. The van der Waals surface area contributed by atoms with E-state index in [1.54, 1.807) is 4.31 Å². The van der Waals surface area contributed by atoms with Gasteiger partial charge in [0.05, 0.1) is 18.0 Å². The zero-order valence-corrected chi connectivity index (χ0v) is 11.6. The Morgan fingerprint density at radius 1 is 1.47 bits per heavy atom. The van der Waals surface area contributed by atoms with Crippen molar-refractivity contribution >= 4 is 26.0 Å². The molecule has 0 N–H and O–H groups in total. The molecule has 0 aromatic heterocycles. The summed E-state index contributed by atoms with van der Waals surface area (Å²) in [5, 5.41) is 0.676. The topological polar surface area (TPSA) is 46.6 Å². The monoisotopic (exact) mass is 299 g/mol. The molecule has 0 aromatic carbocycles. The van der Waals surface area contributed by atoms with Crippen molar-refractivity contribution in [3.8, 4) is 0 Å². The summed E-state index contributed by atoms with van der Waals surface area (Å²) in [4.78, 5) is 0. The van der Waals surface area contributed by atoms with E-state index in [0.29, 0.717) is 24.8 Å². The first-order valence-electron chi connectivity index (χ1n) is 5.18. The highest BCUT2D eigenvalue weighted by molar-refractivity contribution is 9.09. The summed E-state index contributed by atoms with van der Waals surface area (Å²) in [5.41, 5.74) is 0. The molecule has 1 saturated heterocycles. The van der Waals surface area contributed by atoms with Crippen molar-refractivity contribution in [1.82, 2.24) is 4.31 Å². The van der Waals surface area contributed by atoms with E-state index in [0.717, 1.165) is 0 Å². The third-order valence-corrected chi connectivity index (χ3v) is 5.05. The third-order valence-electron chi connectivity index (χ3n) is 2.32. The maximum absolute atomic E-state index is 11.8. The Balaban J connectivity index is 2.69. The van der Waals surface area contributed by atoms with Gasteiger partial charge in [0.25, 0.3) is 0 Å². The number of ether oxygens (including phenoxy) is 1. The van der Waals surface area contributed by atoms with Crippen molar-refractivity contribution < 1.29 is 13.2 Å². The average Bonchev–Trinajstić information content (AvgIpc) is 2.16. The van der Waals surface area contributed by atoms with E-state index in [9.17, 15) is 8.42 Å². The third kappa shape index (κ3) is 3.69. The lowest BCUT2D eigenvalue weighted by Gasteiger charge is -2.35. The molecule has 0 saturated carbocycles. The van der Waals surface area contributed by atoms with Crippen LogP contribution >= 0.6 is 15.9 Å². The molecule has 0 aromatic rings. The Hall–Kier alpha value is 0.350. The Bertz CT molecular complexity index is 294. The summed E-state index contributed by atoms with van der Waals surface area (Å²) >= 11 is 3.33. The van der Waals surface area contributed by atoms with Crippen LogP contribution in [-0.2, 0) is 14.8 Å². The smallest absolute Gasteiger partial charge is 0.214 e. The molecule has 1 aliphatic rings. The first-order valence-corrected chi connectivity index (χ1v) is 7.92. The quantitative estimate of drug-likeness (QED) is 0.733. The van der Waals surface area contributed by atoms with Crippen LogP contribution in [0.5, 0.6) is 0 Å². The molecule has 1 heterocycles. The second-order valence-corrected chi connectivity index (χ2v) is 6.59. The highest BCUT2D eigenvalue weighted by Gasteiger charge is 2.31. The van der Waals surface area contributed by atoms with Crippen LogP contribution < -0.4 is 0 Å². The van der Waals surface area contributed by atoms with Crippen molar-refractivity contribution in [2.45, 2.75) is 32.5 Å². The number of hydrogen-bond donors (Lipinski definition) is 0. The van der Waals surface area contributed by atoms with Gasteiger partial charge in [-0.15, -0.1) is 0 Å². The minimum atomic E-state index is -3.08.